The van der Waals surface area contributed by atoms with Crippen molar-refractivity contribution in [3.05, 3.63) is 56.5 Å². The summed E-state index contributed by atoms with van der Waals surface area (Å²) in [6, 6.07) is 5.69. The molecule has 2 aromatic heterocycles. The van der Waals surface area contributed by atoms with E-state index in [-0.39, 0.29) is 36.2 Å². The number of anilines is 1. The van der Waals surface area contributed by atoms with Gasteiger partial charge in [-0.05, 0) is 24.1 Å². The molecule has 3 rings (SSSR count). The number of aliphatic hydroxyl groups is 1. The third-order valence-electron chi connectivity index (χ3n) is 4.65. The highest BCUT2D eigenvalue weighted by Gasteiger charge is 2.20. The number of aliphatic hydroxyl groups excluding tert-OH is 1. The van der Waals surface area contributed by atoms with Gasteiger partial charge in [0.1, 0.15) is 5.82 Å². The molecule has 1 atom stereocenters. The summed E-state index contributed by atoms with van der Waals surface area (Å²) in [6.45, 7) is 2.07. The van der Waals surface area contributed by atoms with Crippen LogP contribution in [0.1, 0.15) is 18.9 Å². The minimum absolute atomic E-state index is 0.104. The van der Waals surface area contributed by atoms with Crippen molar-refractivity contribution >= 4 is 17.1 Å². The second kappa shape index (κ2) is 7.36. The number of fused-ring (bicyclic) bond motifs is 1. The third kappa shape index (κ3) is 3.37. The van der Waals surface area contributed by atoms with E-state index in [1.165, 1.54) is 23.7 Å². The molecule has 9 heteroatoms. The van der Waals surface area contributed by atoms with Crippen molar-refractivity contribution in [1.29, 1.82) is 0 Å². The molecule has 0 saturated carbocycles. The van der Waals surface area contributed by atoms with E-state index in [0.29, 0.717) is 12.4 Å². The van der Waals surface area contributed by atoms with Gasteiger partial charge in [-0.15, -0.1) is 0 Å². The number of hydrogen-bond donors (Lipinski definition) is 2. The van der Waals surface area contributed by atoms with E-state index >= 15 is 0 Å². The molecule has 27 heavy (non-hydrogen) atoms. The summed E-state index contributed by atoms with van der Waals surface area (Å²) in [6.07, 6.45) is 0.646. The first-order chi connectivity index (χ1) is 12.9. The van der Waals surface area contributed by atoms with Crippen molar-refractivity contribution in [1.82, 2.24) is 18.7 Å². The van der Waals surface area contributed by atoms with E-state index in [4.69, 9.17) is 0 Å². The largest absolute Gasteiger partial charge is 0.394 e. The van der Waals surface area contributed by atoms with Crippen LogP contribution in [0, 0.1) is 5.82 Å². The molecule has 8 nitrogen and oxygen atoms in total. The predicted octanol–water partition coefficient (Wildman–Crippen LogP) is 0.804. The van der Waals surface area contributed by atoms with Crippen molar-refractivity contribution in [2.24, 2.45) is 14.1 Å². The number of halogens is 1. The topological polar surface area (TPSA) is 94.1 Å². The van der Waals surface area contributed by atoms with Crippen LogP contribution in [-0.4, -0.2) is 36.4 Å². The summed E-state index contributed by atoms with van der Waals surface area (Å²) >= 11 is 0. The van der Waals surface area contributed by atoms with Crippen LogP contribution in [0.3, 0.4) is 0 Å². The maximum absolute atomic E-state index is 13.2. The summed E-state index contributed by atoms with van der Waals surface area (Å²) in [5.41, 5.74) is 0.346. The monoisotopic (exact) mass is 375 g/mol. The van der Waals surface area contributed by atoms with E-state index in [0.717, 1.165) is 10.1 Å². The second-order valence-corrected chi connectivity index (χ2v) is 6.46. The number of rotatable bonds is 6. The lowest BCUT2D eigenvalue weighted by atomic mass is 10.2. The molecule has 0 aliphatic carbocycles. The van der Waals surface area contributed by atoms with Crippen molar-refractivity contribution in [2.45, 2.75) is 25.9 Å². The van der Waals surface area contributed by atoms with Crippen molar-refractivity contribution in [3.63, 3.8) is 0 Å². The molecule has 144 valence electrons. The van der Waals surface area contributed by atoms with Gasteiger partial charge in [-0.25, -0.2) is 9.18 Å². The number of hydrogen-bond acceptors (Lipinski definition) is 5. The van der Waals surface area contributed by atoms with Gasteiger partial charge in [0.2, 0.25) is 5.95 Å². The van der Waals surface area contributed by atoms with Crippen molar-refractivity contribution in [2.75, 3.05) is 11.9 Å². The van der Waals surface area contributed by atoms with E-state index in [2.05, 4.69) is 10.3 Å². The fourth-order valence-corrected chi connectivity index (χ4v) is 2.94. The molecule has 2 heterocycles. The van der Waals surface area contributed by atoms with Gasteiger partial charge in [-0.1, -0.05) is 19.1 Å². The highest BCUT2D eigenvalue weighted by atomic mass is 19.1. The first-order valence-electron chi connectivity index (χ1n) is 8.65. The lowest BCUT2D eigenvalue weighted by molar-refractivity contribution is 0.271. The lowest BCUT2D eigenvalue weighted by Crippen LogP contribution is -2.37. The van der Waals surface area contributed by atoms with Crippen molar-refractivity contribution in [3.8, 4) is 0 Å². The minimum atomic E-state index is -0.473. The Bertz CT molecular complexity index is 1080. The maximum atomic E-state index is 13.2. The number of aromatic nitrogens is 4. The van der Waals surface area contributed by atoms with E-state index in [1.807, 2.05) is 6.92 Å². The Morgan fingerprint density at radius 1 is 1.19 bits per heavy atom. The van der Waals surface area contributed by atoms with Gasteiger partial charge >= 0.3 is 5.69 Å². The highest BCUT2D eigenvalue weighted by molar-refractivity contribution is 5.74. The summed E-state index contributed by atoms with van der Waals surface area (Å²) in [7, 11) is 2.96. The quantitative estimate of drug-likeness (QED) is 0.665. The lowest BCUT2D eigenvalue weighted by Gasteiger charge is -2.16. The molecule has 0 radical (unpaired) electrons. The number of nitrogens with one attached hydrogen (secondary N) is 1. The molecule has 1 aromatic carbocycles. The van der Waals surface area contributed by atoms with Gasteiger partial charge in [-0.3, -0.25) is 18.5 Å². The number of aryl methyl sites for hydroxylation is 1. The Morgan fingerprint density at radius 3 is 2.44 bits per heavy atom. The van der Waals surface area contributed by atoms with E-state index < -0.39 is 11.2 Å². The maximum Gasteiger partial charge on any atom is 0.332 e. The summed E-state index contributed by atoms with van der Waals surface area (Å²) < 4.78 is 17.2. The van der Waals surface area contributed by atoms with E-state index in [9.17, 15) is 19.1 Å². The van der Waals surface area contributed by atoms with Crippen LogP contribution in [0.5, 0.6) is 0 Å². The highest BCUT2D eigenvalue weighted by Crippen LogP contribution is 2.19. The van der Waals surface area contributed by atoms with Gasteiger partial charge in [0.15, 0.2) is 11.2 Å². The molecule has 0 spiro atoms. The number of benzene rings is 1. The Hall–Kier alpha value is -2.94. The van der Waals surface area contributed by atoms with Crippen LogP contribution in [-0.2, 0) is 20.6 Å². The van der Waals surface area contributed by atoms with Crippen LogP contribution in [0.2, 0.25) is 0 Å². The molecule has 2 N–H and O–H groups in total. The zero-order valence-corrected chi connectivity index (χ0v) is 15.4. The van der Waals surface area contributed by atoms with Crippen LogP contribution in [0.25, 0.3) is 11.2 Å². The molecule has 3 aromatic rings. The van der Waals surface area contributed by atoms with Gasteiger partial charge in [0.05, 0.1) is 19.2 Å². The Labute approximate surface area is 154 Å². The molecule has 0 bridgehead atoms. The van der Waals surface area contributed by atoms with Crippen LogP contribution in [0.4, 0.5) is 10.3 Å². The van der Waals surface area contributed by atoms with Gasteiger partial charge in [0, 0.05) is 14.1 Å². The van der Waals surface area contributed by atoms with Gasteiger partial charge in [-0.2, -0.15) is 4.98 Å². The van der Waals surface area contributed by atoms with Crippen LogP contribution >= 0.6 is 0 Å². The Kier molecular flexibility index (Phi) is 5.13. The molecule has 0 aliphatic heterocycles. The molecule has 0 amide bonds. The normalized spacial score (nSPS) is 12.5. The van der Waals surface area contributed by atoms with Crippen LogP contribution < -0.4 is 16.6 Å². The smallest absolute Gasteiger partial charge is 0.332 e. The van der Waals surface area contributed by atoms with Crippen molar-refractivity contribution < 1.29 is 9.50 Å². The zero-order chi connectivity index (χ0) is 19.7. The molecule has 0 fully saturated rings. The number of nitrogens with zero attached hydrogens (tertiary/aromatic N) is 4. The van der Waals surface area contributed by atoms with Gasteiger partial charge in [0.25, 0.3) is 5.56 Å². The predicted molar refractivity (Wildman–Crippen MR) is 101 cm³/mol. The SMILES string of the molecule is CCC(CO)Nc1nc2c(c(=O)n(C)c(=O)n2C)n1Cc1ccc(F)cc1. The fourth-order valence-electron chi connectivity index (χ4n) is 2.94. The average molecular weight is 375 g/mol. The van der Waals surface area contributed by atoms with Crippen LogP contribution in [0.15, 0.2) is 33.9 Å². The number of imidazole rings is 1. The molecule has 1 unspecified atom stereocenters. The first-order valence-corrected chi connectivity index (χ1v) is 8.65. The molecule has 0 aliphatic rings. The second-order valence-electron chi connectivity index (χ2n) is 6.46. The standard InChI is InChI=1S/C18H22FN5O3/c1-4-13(10-25)20-17-21-15-14(16(26)23(3)18(27)22(15)2)24(17)9-11-5-7-12(19)8-6-11/h5-8,13,25H,4,9-10H2,1-3H3,(H,20,21). The Morgan fingerprint density at radius 2 is 1.85 bits per heavy atom. The Balaban J connectivity index is 2.24. The summed E-state index contributed by atoms with van der Waals surface area (Å²) in [5.74, 6) is 0.0192. The fraction of sp³-hybridized carbons (Fsp3) is 0.389. The minimum Gasteiger partial charge on any atom is -0.394 e. The first kappa shape index (κ1) is 18.8. The third-order valence-corrected chi connectivity index (χ3v) is 4.65. The molecule has 0 saturated heterocycles. The zero-order valence-electron chi connectivity index (χ0n) is 15.4. The van der Waals surface area contributed by atoms with E-state index in [1.54, 1.807) is 23.7 Å². The average Bonchev–Trinajstić information content (AvgIpc) is 3.02. The summed E-state index contributed by atoms with van der Waals surface area (Å²) in [4.78, 5) is 29.4. The summed E-state index contributed by atoms with van der Waals surface area (Å²) in [5, 5.41) is 12.6. The molecular weight excluding hydrogens is 353 g/mol. The van der Waals surface area contributed by atoms with Gasteiger partial charge < -0.3 is 10.4 Å². The molecular formula is C18H22FN5O3.